The van der Waals surface area contributed by atoms with E-state index in [0.717, 1.165) is 71.7 Å². The fourth-order valence-corrected chi connectivity index (χ4v) is 8.68. The summed E-state index contributed by atoms with van der Waals surface area (Å²) in [6, 6.07) is 54.3. The smallest absolute Gasteiger partial charge is 0.143 e. The van der Waals surface area contributed by atoms with E-state index in [1.165, 1.54) is 38.6 Å². The van der Waals surface area contributed by atoms with Crippen molar-refractivity contribution in [3.8, 4) is 44.6 Å². The molecule has 3 heterocycles. The SMILES string of the molecule is CC1(C)c2ccccc2-c2c1ccc1c2oc2ccc(-c3ccc(-c4ccc5ccc6cc(-c7ccccc7)cnc6c5n4)c4ccccc34)cc21. The van der Waals surface area contributed by atoms with Crippen LogP contribution in [0.1, 0.15) is 25.0 Å². The molecular weight excluding hydrogens is 633 g/mol. The van der Waals surface area contributed by atoms with Gasteiger partial charge in [-0.05, 0) is 68.4 Å². The van der Waals surface area contributed by atoms with Gasteiger partial charge in [0.1, 0.15) is 11.2 Å². The standard InChI is InChI=1S/C49H32N2O/c1-49(2)41-15-9-8-14-39(41)45-42(49)23-22-38-40-27-31(19-25-44(40)52-48(38)45)34-20-21-37(36-13-7-6-12-35(34)36)43-24-18-30-16-17-32-26-33(29-10-4-3-5-11-29)28-50-46(32)47(30)51-43/h3-28H,1-2H3. The average Bonchev–Trinajstić information content (AvgIpc) is 3.69. The summed E-state index contributed by atoms with van der Waals surface area (Å²) in [4.78, 5) is 10.2. The van der Waals surface area contributed by atoms with E-state index in [0.29, 0.717) is 0 Å². The number of hydrogen-bond acceptors (Lipinski definition) is 3. The van der Waals surface area contributed by atoms with Crippen molar-refractivity contribution in [2.45, 2.75) is 19.3 Å². The van der Waals surface area contributed by atoms with Crippen molar-refractivity contribution in [3.63, 3.8) is 0 Å². The predicted molar refractivity (Wildman–Crippen MR) is 216 cm³/mol. The Hall–Kier alpha value is -6.58. The maximum Gasteiger partial charge on any atom is 0.143 e. The van der Waals surface area contributed by atoms with Crippen molar-refractivity contribution in [1.29, 1.82) is 0 Å². The van der Waals surface area contributed by atoms with E-state index < -0.39 is 0 Å². The Morgan fingerprint density at radius 3 is 2.12 bits per heavy atom. The molecule has 11 rings (SSSR count). The molecule has 0 saturated carbocycles. The van der Waals surface area contributed by atoms with Gasteiger partial charge in [-0.3, -0.25) is 4.98 Å². The highest BCUT2D eigenvalue weighted by molar-refractivity contribution is 6.14. The first-order valence-electron chi connectivity index (χ1n) is 17.9. The number of furan rings is 1. The number of rotatable bonds is 3. The minimum atomic E-state index is -0.0691. The molecule has 0 aliphatic heterocycles. The summed E-state index contributed by atoms with van der Waals surface area (Å²) in [6.07, 6.45) is 1.96. The lowest BCUT2D eigenvalue weighted by Gasteiger charge is -2.21. The molecule has 3 heteroatoms. The zero-order valence-electron chi connectivity index (χ0n) is 28.8. The van der Waals surface area contributed by atoms with E-state index >= 15 is 0 Å². The van der Waals surface area contributed by atoms with Crippen LogP contribution in [0.2, 0.25) is 0 Å². The summed E-state index contributed by atoms with van der Waals surface area (Å²) in [5.74, 6) is 0. The van der Waals surface area contributed by atoms with Crippen molar-refractivity contribution in [3.05, 3.63) is 169 Å². The minimum absolute atomic E-state index is 0.0691. The Bertz CT molecular complexity index is 3100. The molecule has 0 unspecified atom stereocenters. The fraction of sp³-hybridized carbons (Fsp3) is 0.0612. The molecule has 0 saturated heterocycles. The molecule has 3 nitrogen and oxygen atoms in total. The summed E-state index contributed by atoms with van der Waals surface area (Å²) in [5, 5.41) is 6.81. The molecule has 0 spiro atoms. The van der Waals surface area contributed by atoms with Crippen molar-refractivity contribution in [1.82, 2.24) is 9.97 Å². The van der Waals surface area contributed by atoms with Crippen LogP contribution in [0, 0.1) is 0 Å². The molecule has 244 valence electrons. The third kappa shape index (κ3) is 4.14. The van der Waals surface area contributed by atoms with Crippen molar-refractivity contribution in [2.75, 3.05) is 0 Å². The van der Waals surface area contributed by atoms with Crippen LogP contribution in [0.3, 0.4) is 0 Å². The fourth-order valence-electron chi connectivity index (χ4n) is 8.68. The lowest BCUT2D eigenvalue weighted by Crippen LogP contribution is -2.14. The van der Waals surface area contributed by atoms with Crippen LogP contribution in [0.4, 0.5) is 0 Å². The van der Waals surface area contributed by atoms with Crippen LogP contribution < -0.4 is 0 Å². The Kier molecular flexibility index (Phi) is 6.01. The van der Waals surface area contributed by atoms with E-state index in [1.54, 1.807) is 0 Å². The van der Waals surface area contributed by atoms with E-state index in [-0.39, 0.29) is 5.41 Å². The second-order valence-electron chi connectivity index (χ2n) is 14.6. The zero-order chi connectivity index (χ0) is 34.6. The molecule has 0 amide bonds. The van der Waals surface area contributed by atoms with Gasteiger partial charge in [0.2, 0.25) is 0 Å². The van der Waals surface area contributed by atoms with Gasteiger partial charge < -0.3 is 4.42 Å². The number of aromatic nitrogens is 2. The van der Waals surface area contributed by atoms with Crippen LogP contribution in [-0.2, 0) is 5.41 Å². The van der Waals surface area contributed by atoms with Gasteiger partial charge in [-0.2, -0.15) is 0 Å². The van der Waals surface area contributed by atoms with Crippen LogP contribution in [-0.4, -0.2) is 9.97 Å². The van der Waals surface area contributed by atoms with Gasteiger partial charge in [0.05, 0.1) is 16.7 Å². The maximum atomic E-state index is 6.68. The first-order chi connectivity index (χ1) is 25.5. The van der Waals surface area contributed by atoms with E-state index in [4.69, 9.17) is 14.4 Å². The first kappa shape index (κ1) is 29.2. The monoisotopic (exact) mass is 664 g/mol. The molecule has 1 aliphatic rings. The van der Waals surface area contributed by atoms with Crippen LogP contribution in [0.25, 0.3) is 99.2 Å². The molecule has 52 heavy (non-hydrogen) atoms. The third-order valence-electron chi connectivity index (χ3n) is 11.3. The second kappa shape index (κ2) is 10.7. The Morgan fingerprint density at radius 1 is 0.481 bits per heavy atom. The van der Waals surface area contributed by atoms with Crippen LogP contribution in [0.5, 0.6) is 0 Å². The van der Waals surface area contributed by atoms with Gasteiger partial charge >= 0.3 is 0 Å². The summed E-state index contributed by atoms with van der Waals surface area (Å²) in [7, 11) is 0. The van der Waals surface area contributed by atoms with Gasteiger partial charge in [0.25, 0.3) is 0 Å². The molecule has 0 radical (unpaired) electrons. The second-order valence-corrected chi connectivity index (χ2v) is 14.6. The predicted octanol–water partition coefficient (Wildman–Crippen LogP) is 13.1. The number of fused-ring (bicyclic) bond motifs is 11. The Labute approximate surface area is 300 Å². The first-order valence-corrected chi connectivity index (χ1v) is 17.9. The summed E-state index contributed by atoms with van der Waals surface area (Å²) in [5.41, 5.74) is 15.5. The van der Waals surface area contributed by atoms with Gasteiger partial charge in [-0.1, -0.05) is 141 Å². The molecule has 0 bridgehead atoms. The lowest BCUT2D eigenvalue weighted by atomic mass is 9.82. The topological polar surface area (TPSA) is 38.9 Å². The van der Waals surface area contributed by atoms with Crippen LogP contribution in [0.15, 0.2) is 162 Å². The van der Waals surface area contributed by atoms with Crippen LogP contribution >= 0.6 is 0 Å². The molecule has 7 aromatic carbocycles. The molecule has 10 aromatic rings. The highest BCUT2D eigenvalue weighted by Crippen LogP contribution is 2.52. The molecule has 3 aromatic heterocycles. The zero-order valence-corrected chi connectivity index (χ0v) is 28.8. The Balaban J connectivity index is 1.04. The largest absolute Gasteiger partial charge is 0.455 e. The van der Waals surface area contributed by atoms with Crippen molar-refractivity contribution < 1.29 is 4.42 Å². The molecular formula is C49H32N2O. The van der Waals surface area contributed by atoms with Crippen molar-refractivity contribution in [2.24, 2.45) is 0 Å². The molecule has 0 fully saturated rings. The maximum absolute atomic E-state index is 6.68. The average molecular weight is 665 g/mol. The highest BCUT2D eigenvalue weighted by atomic mass is 16.3. The summed E-state index contributed by atoms with van der Waals surface area (Å²) < 4.78 is 6.68. The van der Waals surface area contributed by atoms with Gasteiger partial charge in [0, 0.05) is 49.8 Å². The highest BCUT2D eigenvalue weighted by Gasteiger charge is 2.37. The molecule has 1 aliphatic carbocycles. The molecule has 0 atom stereocenters. The quantitative estimate of drug-likeness (QED) is 0.176. The number of hydrogen-bond donors (Lipinski definition) is 0. The number of pyridine rings is 2. The van der Waals surface area contributed by atoms with Gasteiger partial charge in [-0.15, -0.1) is 0 Å². The van der Waals surface area contributed by atoms with Gasteiger partial charge in [0.15, 0.2) is 0 Å². The van der Waals surface area contributed by atoms with E-state index in [1.807, 2.05) is 12.3 Å². The van der Waals surface area contributed by atoms with E-state index in [2.05, 4.69) is 159 Å². The number of nitrogens with zero attached hydrogens (tertiary/aromatic N) is 2. The normalized spacial score (nSPS) is 13.3. The third-order valence-corrected chi connectivity index (χ3v) is 11.3. The van der Waals surface area contributed by atoms with E-state index in [9.17, 15) is 0 Å². The Morgan fingerprint density at radius 2 is 1.23 bits per heavy atom. The summed E-state index contributed by atoms with van der Waals surface area (Å²) in [6.45, 7) is 4.63. The van der Waals surface area contributed by atoms with Gasteiger partial charge in [-0.25, -0.2) is 4.98 Å². The lowest BCUT2D eigenvalue weighted by molar-refractivity contribution is 0.653. The summed E-state index contributed by atoms with van der Waals surface area (Å²) >= 11 is 0. The number of benzene rings is 7. The minimum Gasteiger partial charge on any atom is -0.455 e. The molecule has 0 N–H and O–H groups in total. The van der Waals surface area contributed by atoms with Crippen molar-refractivity contribution >= 4 is 54.5 Å².